The van der Waals surface area contributed by atoms with Gasteiger partial charge in [-0.05, 0) is 64.8 Å². The van der Waals surface area contributed by atoms with Crippen molar-refractivity contribution in [2.75, 3.05) is 52.4 Å². The van der Waals surface area contributed by atoms with Crippen LogP contribution in [0.4, 0.5) is 0 Å². The van der Waals surface area contributed by atoms with Crippen LogP contribution in [-0.4, -0.2) is 62.2 Å². The van der Waals surface area contributed by atoms with Gasteiger partial charge in [0.05, 0.1) is 11.4 Å². The first-order chi connectivity index (χ1) is 18.4. The van der Waals surface area contributed by atoms with Crippen LogP contribution in [0, 0.1) is 0 Å². The Balaban J connectivity index is 0.00000336. The van der Waals surface area contributed by atoms with Crippen molar-refractivity contribution in [2.45, 2.75) is 26.1 Å². The van der Waals surface area contributed by atoms with Crippen molar-refractivity contribution < 1.29 is 0 Å². The highest BCUT2D eigenvalue weighted by Gasteiger charge is 2.08. The van der Waals surface area contributed by atoms with E-state index >= 15 is 0 Å². The lowest BCUT2D eigenvalue weighted by Gasteiger charge is -2.23. The molecule has 2 bridgehead atoms. The molecule has 4 aromatic rings. The molecule has 234 valence electrons. The molecule has 0 fully saturated rings. The van der Waals surface area contributed by atoms with Gasteiger partial charge < -0.3 is 21.3 Å². The second-order valence-electron chi connectivity index (χ2n) is 9.89. The van der Waals surface area contributed by atoms with Gasteiger partial charge in [-0.3, -0.25) is 9.88 Å². The molecule has 0 aliphatic carbocycles. The average Bonchev–Trinajstić information content (AvgIpc) is 2.93. The predicted molar refractivity (Wildman–Crippen MR) is 191 cm³/mol. The third kappa shape index (κ3) is 11.9. The van der Waals surface area contributed by atoms with Crippen molar-refractivity contribution in [3.63, 3.8) is 0 Å². The Morgan fingerprint density at radius 2 is 1.19 bits per heavy atom. The first kappa shape index (κ1) is 40.6. The molecule has 6 nitrogen and oxygen atoms in total. The maximum atomic E-state index is 4.71. The number of aromatic nitrogens is 1. The van der Waals surface area contributed by atoms with Crippen molar-refractivity contribution in [1.82, 2.24) is 31.2 Å². The summed E-state index contributed by atoms with van der Waals surface area (Å²) in [6, 6.07) is 26.1. The van der Waals surface area contributed by atoms with Gasteiger partial charge >= 0.3 is 0 Å². The number of benzene rings is 3. The quantitative estimate of drug-likeness (QED) is 0.134. The summed E-state index contributed by atoms with van der Waals surface area (Å²) in [5, 5.41) is 19.8. The topological polar surface area (TPSA) is 64.2 Å². The third-order valence-corrected chi connectivity index (χ3v) is 7.18. The molecule has 0 saturated carbocycles. The second-order valence-corrected chi connectivity index (χ2v) is 9.89. The SMILES string of the molecule is Cl.Cl.Cl.Cl.Cl.c1cc2nc(c1)CNCCN(CCNCCCNCc1c3ccccc3cc3ccccc13)CCNC2. The van der Waals surface area contributed by atoms with Crippen LogP contribution >= 0.6 is 62.0 Å². The van der Waals surface area contributed by atoms with Crippen LogP contribution in [0.5, 0.6) is 0 Å². The molecule has 11 heteroatoms. The number of halogens is 5. The first-order valence-corrected chi connectivity index (χ1v) is 13.8. The summed E-state index contributed by atoms with van der Waals surface area (Å²) in [6.07, 6.45) is 1.12. The zero-order valence-corrected chi connectivity index (χ0v) is 27.9. The first-order valence-electron chi connectivity index (χ1n) is 13.8. The van der Waals surface area contributed by atoms with Gasteiger partial charge in [0, 0.05) is 58.9 Å². The molecule has 0 spiro atoms. The minimum absolute atomic E-state index is 0. The van der Waals surface area contributed by atoms with Crippen molar-refractivity contribution >= 4 is 83.6 Å². The van der Waals surface area contributed by atoms with Crippen LogP contribution in [-0.2, 0) is 19.6 Å². The van der Waals surface area contributed by atoms with Crippen LogP contribution < -0.4 is 21.3 Å². The summed E-state index contributed by atoms with van der Waals surface area (Å²) in [5.41, 5.74) is 3.65. The number of fused-ring (bicyclic) bond motifs is 4. The van der Waals surface area contributed by atoms with Gasteiger partial charge in [0.2, 0.25) is 0 Å². The summed E-state index contributed by atoms with van der Waals surface area (Å²) >= 11 is 0. The number of nitrogens with one attached hydrogen (secondary N) is 4. The fourth-order valence-electron chi connectivity index (χ4n) is 5.18. The Kier molecular flexibility index (Phi) is 21.4. The maximum absolute atomic E-state index is 4.71. The van der Waals surface area contributed by atoms with E-state index < -0.39 is 0 Å². The van der Waals surface area contributed by atoms with E-state index in [4.69, 9.17) is 4.98 Å². The van der Waals surface area contributed by atoms with Crippen LogP contribution in [0.2, 0.25) is 0 Å². The number of rotatable bonds is 9. The van der Waals surface area contributed by atoms with Gasteiger partial charge in [0.15, 0.2) is 0 Å². The minimum atomic E-state index is 0. The fraction of sp³-hybridized carbons (Fsp3) is 0.387. The van der Waals surface area contributed by atoms with E-state index in [1.165, 1.54) is 27.1 Å². The van der Waals surface area contributed by atoms with E-state index in [0.717, 1.165) is 89.8 Å². The van der Waals surface area contributed by atoms with Gasteiger partial charge in [0.1, 0.15) is 0 Å². The normalized spacial score (nSPS) is 13.6. The van der Waals surface area contributed by atoms with Crippen LogP contribution in [0.25, 0.3) is 21.5 Å². The lowest BCUT2D eigenvalue weighted by atomic mass is 9.97. The monoisotopic (exact) mass is 676 g/mol. The molecule has 5 rings (SSSR count). The van der Waals surface area contributed by atoms with E-state index in [1.807, 2.05) is 0 Å². The van der Waals surface area contributed by atoms with Crippen molar-refractivity contribution in [2.24, 2.45) is 0 Å². The predicted octanol–water partition coefficient (Wildman–Crippen LogP) is 5.76. The molecule has 1 aromatic heterocycles. The molecule has 0 atom stereocenters. The lowest BCUT2D eigenvalue weighted by Crippen LogP contribution is -2.41. The molecule has 0 saturated heterocycles. The molecule has 1 aliphatic heterocycles. The van der Waals surface area contributed by atoms with E-state index in [2.05, 4.69) is 99.0 Å². The van der Waals surface area contributed by atoms with Gasteiger partial charge in [-0.25, -0.2) is 0 Å². The summed E-state index contributed by atoms with van der Waals surface area (Å²) in [7, 11) is 0. The highest BCUT2D eigenvalue weighted by atomic mass is 35.5. The van der Waals surface area contributed by atoms with E-state index in [1.54, 1.807) is 0 Å². The summed E-state index contributed by atoms with van der Waals surface area (Å²) < 4.78 is 0. The summed E-state index contributed by atoms with van der Waals surface area (Å²) in [6.45, 7) is 10.8. The number of nitrogens with zero attached hydrogens (tertiary/aromatic N) is 2. The minimum Gasteiger partial charge on any atom is -0.315 e. The second kappa shape index (κ2) is 22.1. The summed E-state index contributed by atoms with van der Waals surface area (Å²) in [5.74, 6) is 0. The largest absolute Gasteiger partial charge is 0.315 e. The molecular formula is C31H45Cl5N6. The van der Waals surface area contributed by atoms with Crippen LogP contribution in [0.15, 0.2) is 72.8 Å². The molecule has 0 unspecified atom stereocenters. The van der Waals surface area contributed by atoms with Crippen LogP contribution in [0.3, 0.4) is 0 Å². The average molecular weight is 679 g/mol. The Hall–Kier alpha value is -1.42. The molecule has 42 heavy (non-hydrogen) atoms. The van der Waals surface area contributed by atoms with E-state index in [0.29, 0.717) is 0 Å². The van der Waals surface area contributed by atoms with Gasteiger partial charge in [-0.1, -0.05) is 54.6 Å². The highest BCUT2D eigenvalue weighted by molar-refractivity contribution is 6.02. The molecule has 2 heterocycles. The maximum Gasteiger partial charge on any atom is 0.0545 e. The molecule has 4 N–H and O–H groups in total. The summed E-state index contributed by atoms with van der Waals surface area (Å²) in [4.78, 5) is 7.25. The van der Waals surface area contributed by atoms with E-state index in [9.17, 15) is 0 Å². The van der Waals surface area contributed by atoms with Crippen molar-refractivity contribution in [3.8, 4) is 0 Å². The van der Waals surface area contributed by atoms with Gasteiger partial charge in [-0.15, -0.1) is 62.0 Å². The zero-order chi connectivity index (χ0) is 25.1. The molecule has 0 amide bonds. The Morgan fingerprint density at radius 1 is 0.643 bits per heavy atom. The number of hydrogen-bond donors (Lipinski definition) is 4. The Bertz CT molecular complexity index is 1210. The standard InChI is InChI=1S/C31H40N6.5ClH/c1-3-11-29-25(7-1)21-26-8-2-4-12-30(26)31(29)24-33-14-6-13-32-15-18-37-19-16-34-22-27-9-5-10-28(36-27)23-35-17-20-37;;;;;/h1-5,7-12,21,32-35H,6,13-20,22-24H2;5*1H. The highest BCUT2D eigenvalue weighted by Crippen LogP contribution is 2.28. The number of pyridine rings is 1. The Labute approximate surface area is 281 Å². The van der Waals surface area contributed by atoms with Crippen LogP contribution in [0.1, 0.15) is 23.4 Å². The number of hydrogen-bond acceptors (Lipinski definition) is 6. The Morgan fingerprint density at radius 3 is 1.79 bits per heavy atom. The van der Waals surface area contributed by atoms with Gasteiger partial charge in [-0.2, -0.15) is 0 Å². The molecule has 1 aliphatic rings. The third-order valence-electron chi connectivity index (χ3n) is 7.18. The molecular weight excluding hydrogens is 634 g/mol. The van der Waals surface area contributed by atoms with Crippen molar-refractivity contribution in [1.29, 1.82) is 0 Å². The smallest absolute Gasteiger partial charge is 0.0545 e. The van der Waals surface area contributed by atoms with E-state index in [-0.39, 0.29) is 62.0 Å². The zero-order valence-electron chi connectivity index (χ0n) is 23.8. The lowest BCUT2D eigenvalue weighted by molar-refractivity contribution is 0.270. The molecule has 3 aromatic carbocycles. The van der Waals surface area contributed by atoms with Crippen molar-refractivity contribution in [3.05, 3.63) is 89.7 Å². The molecule has 0 radical (unpaired) electrons. The van der Waals surface area contributed by atoms with Gasteiger partial charge in [0.25, 0.3) is 0 Å². The fourth-order valence-corrected chi connectivity index (χ4v) is 5.18.